The summed E-state index contributed by atoms with van der Waals surface area (Å²) in [5, 5.41) is 29.2. The zero-order valence-electron chi connectivity index (χ0n) is 11.2. The van der Waals surface area contributed by atoms with Gasteiger partial charge in [-0.25, -0.2) is 13.6 Å². The standard InChI is InChI=1S/C11H9N5O6S/c12-23(21,22)8-3-1-7(2-4-8)13-9-5-6-10(15(17)18)14-11(9)16(19)20/h1-6,13H,(H2,12,21,22). The third kappa shape index (κ3) is 3.75. The van der Waals surface area contributed by atoms with E-state index >= 15 is 0 Å². The van der Waals surface area contributed by atoms with Gasteiger partial charge in [0.1, 0.15) is 5.69 Å². The number of hydrogen-bond acceptors (Lipinski definition) is 8. The fourth-order valence-electron chi connectivity index (χ4n) is 1.66. The summed E-state index contributed by atoms with van der Waals surface area (Å²) in [6, 6.07) is 7.24. The number of pyridine rings is 1. The van der Waals surface area contributed by atoms with Gasteiger partial charge in [0.25, 0.3) is 0 Å². The number of nitro groups is 2. The van der Waals surface area contributed by atoms with E-state index in [2.05, 4.69) is 10.3 Å². The number of primary sulfonamides is 1. The van der Waals surface area contributed by atoms with Crippen molar-refractivity contribution in [3.05, 3.63) is 56.6 Å². The molecule has 1 heterocycles. The molecular weight excluding hydrogens is 330 g/mol. The summed E-state index contributed by atoms with van der Waals surface area (Å²) < 4.78 is 22.3. The maximum atomic E-state index is 11.1. The molecule has 1 aromatic carbocycles. The molecule has 0 radical (unpaired) electrons. The van der Waals surface area contributed by atoms with Gasteiger partial charge >= 0.3 is 11.6 Å². The predicted molar refractivity (Wildman–Crippen MR) is 78.6 cm³/mol. The van der Waals surface area contributed by atoms with Gasteiger partial charge in [-0.2, -0.15) is 0 Å². The van der Waals surface area contributed by atoms with Crippen LogP contribution in [-0.2, 0) is 10.0 Å². The molecule has 0 aliphatic heterocycles. The molecule has 2 aromatic rings. The Labute approximate surface area is 129 Å². The fraction of sp³-hybridized carbons (Fsp3) is 0. The summed E-state index contributed by atoms with van der Waals surface area (Å²) in [5.74, 6) is -1.39. The van der Waals surface area contributed by atoms with Gasteiger partial charge in [0.05, 0.1) is 4.90 Å². The van der Waals surface area contributed by atoms with E-state index in [1.807, 2.05) is 0 Å². The van der Waals surface area contributed by atoms with Crippen LogP contribution in [0.5, 0.6) is 0 Å². The van der Waals surface area contributed by atoms with Gasteiger partial charge in [0.2, 0.25) is 10.0 Å². The Bertz CT molecular complexity index is 880. The van der Waals surface area contributed by atoms with Gasteiger partial charge in [0, 0.05) is 16.7 Å². The van der Waals surface area contributed by atoms with Crippen LogP contribution in [0, 0.1) is 20.2 Å². The van der Waals surface area contributed by atoms with Gasteiger partial charge in [-0.3, -0.25) is 0 Å². The number of nitrogens with one attached hydrogen (secondary N) is 1. The van der Waals surface area contributed by atoms with E-state index in [0.717, 1.165) is 12.1 Å². The van der Waals surface area contributed by atoms with Crippen LogP contribution in [0.25, 0.3) is 0 Å². The maximum Gasteiger partial charge on any atom is 0.391 e. The Hall–Kier alpha value is -3.12. The first-order chi connectivity index (χ1) is 10.7. The van der Waals surface area contributed by atoms with E-state index in [9.17, 15) is 28.6 Å². The van der Waals surface area contributed by atoms with Crippen LogP contribution >= 0.6 is 0 Å². The number of sulfonamides is 1. The van der Waals surface area contributed by atoms with Crippen LogP contribution in [0.1, 0.15) is 0 Å². The Kier molecular flexibility index (Phi) is 4.20. The highest BCUT2D eigenvalue weighted by molar-refractivity contribution is 7.89. The average Bonchev–Trinajstić information content (AvgIpc) is 2.46. The molecule has 3 N–H and O–H groups in total. The summed E-state index contributed by atoms with van der Waals surface area (Å²) in [5.41, 5.74) is 0.236. The number of benzene rings is 1. The van der Waals surface area contributed by atoms with Gasteiger partial charge in [-0.05, 0) is 40.2 Å². The molecule has 0 amide bonds. The second-order valence-corrected chi connectivity index (χ2v) is 5.81. The summed E-state index contributed by atoms with van der Waals surface area (Å²) in [4.78, 5) is 23.1. The molecule has 0 aliphatic carbocycles. The minimum Gasteiger partial charge on any atom is -0.358 e. The van der Waals surface area contributed by atoms with Crippen molar-refractivity contribution in [1.29, 1.82) is 0 Å². The lowest BCUT2D eigenvalue weighted by atomic mass is 10.3. The molecule has 0 spiro atoms. The molecule has 0 unspecified atom stereocenters. The minimum absolute atomic E-state index is 0.0797. The Morgan fingerprint density at radius 1 is 1.00 bits per heavy atom. The smallest absolute Gasteiger partial charge is 0.358 e. The molecule has 11 nitrogen and oxygen atoms in total. The van der Waals surface area contributed by atoms with Crippen molar-refractivity contribution >= 4 is 33.0 Å². The first kappa shape index (κ1) is 16.3. The number of nitrogens with zero attached hydrogens (tertiary/aromatic N) is 3. The second-order valence-electron chi connectivity index (χ2n) is 4.25. The lowest BCUT2D eigenvalue weighted by Gasteiger charge is -2.07. The van der Waals surface area contributed by atoms with Crippen molar-refractivity contribution in [2.75, 3.05) is 5.32 Å². The number of rotatable bonds is 5. The number of nitrogens with two attached hydrogens (primary N) is 1. The van der Waals surface area contributed by atoms with Crippen LogP contribution in [0.3, 0.4) is 0 Å². The Balaban J connectivity index is 2.36. The molecule has 12 heteroatoms. The van der Waals surface area contributed by atoms with Crippen LogP contribution in [0.15, 0.2) is 41.3 Å². The zero-order chi connectivity index (χ0) is 17.2. The Morgan fingerprint density at radius 3 is 2.09 bits per heavy atom. The topological polar surface area (TPSA) is 171 Å². The van der Waals surface area contributed by atoms with E-state index < -0.39 is 31.5 Å². The zero-order valence-corrected chi connectivity index (χ0v) is 12.1. The van der Waals surface area contributed by atoms with E-state index in [0.29, 0.717) is 5.69 Å². The summed E-state index contributed by atoms with van der Waals surface area (Å²) in [6.07, 6.45) is 0. The van der Waals surface area contributed by atoms with Crippen LogP contribution in [0.2, 0.25) is 0 Å². The van der Waals surface area contributed by atoms with Gasteiger partial charge < -0.3 is 25.5 Å². The minimum atomic E-state index is -3.85. The van der Waals surface area contributed by atoms with Crippen molar-refractivity contribution in [2.24, 2.45) is 5.14 Å². The first-order valence-corrected chi connectivity index (χ1v) is 7.43. The summed E-state index contributed by atoms with van der Waals surface area (Å²) in [7, 11) is -3.85. The number of aromatic nitrogens is 1. The molecule has 0 atom stereocenters. The highest BCUT2D eigenvalue weighted by atomic mass is 32.2. The second kappa shape index (κ2) is 5.94. The third-order valence-corrected chi connectivity index (χ3v) is 3.61. The molecule has 0 aliphatic rings. The van der Waals surface area contributed by atoms with Gasteiger partial charge in [-0.15, -0.1) is 0 Å². The largest absolute Gasteiger partial charge is 0.391 e. The van der Waals surface area contributed by atoms with E-state index in [-0.39, 0.29) is 10.6 Å². The van der Waals surface area contributed by atoms with Crippen molar-refractivity contribution in [2.45, 2.75) is 4.90 Å². The lowest BCUT2D eigenvalue weighted by Crippen LogP contribution is -2.11. The van der Waals surface area contributed by atoms with Crippen LogP contribution in [0.4, 0.5) is 23.0 Å². The van der Waals surface area contributed by atoms with E-state index in [1.54, 1.807) is 0 Å². The van der Waals surface area contributed by atoms with E-state index in [1.165, 1.54) is 24.3 Å². The van der Waals surface area contributed by atoms with Crippen molar-refractivity contribution in [3.63, 3.8) is 0 Å². The fourth-order valence-corrected chi connectivity index (χ4v) is 2.18. The molecule has 1 aromatic heterocycles. The molecule has 0 saturated heterocycles. The maximum absolute atomic E-state index is 11.1. The number of hydrogen-bond donors (Lipinski definition) is 2. The van der Waals surface area contributed by atoms with Crippen molar-refractivity contribution in [1.82, 2.24) is 4.98 Å². The molecule has 23 heavy (non-hydrogen) atoms. The van der Waals surface area contributed by atoms with Gasteiger partial charge in [-0.1, -0.05) is 0 Å². The monoisotopic (exact) mass is 339 g/mol. The Morgan fingerprint density at radius 2 is 1.61 bits per heavy atom. The highest BCUT2D eigenvalue weighted by Crippen LogP contribution is 2.28. The molecular formula is C11H9N5O6S. The number of anilines is 2. The SMILES string of the molecule is NS(=O)(=O)c1ccc(Nc2ccc([N+](=O)[O-])nc2[N+](=O)[O-])cc1. The summed E-state index contributed by atoms with van der Waals surface area (Å²) in [6.45, 7) is 0. The average molecular weight is 339 g/mol. The molecule has 2 rings (SSSR count). The van der Waals surface area contributed by atoms with Crippen LogP contribution in [-0.4, -0.2) is 23.2 Å². The molecule has 0 bridgehead atoms. The first-order valence-electron chi connectivity index (χ1n) is 5.88. The van der Waals surface area contributed by atoms with Crippen molar-refractivity contribution in [3.8, 4) is 0 Å². The quantitative estimate of drug-likeness (QED) is 0.605. The van der Waals surface area contributed by atoms with Crippen molar-refractivity contribution < 1.29 is 18.3 Å². The van der Waals surface area contributed by atoms with E-state index in [4.69, 9.17) is 5.14 Å². The highest BCUT2D eigenvalue weighted by Gasteiger charge is 2.20. The normalized spacial score (nSPS) is 11.0. The summed E-state index contributed by atoms with van der Waals surface area (Å²) >= 11 is 0. The molecule has 0 saturated carbocycles. The van der Waals surface area contributed by atoms with Crippen LogP contribution < -0.4 is 10.5 Å². The van der Waals surface area contributed by atoms with Gasteiger partial charge in [0.15, 0.2) is 0 Å². The third-order valence-electron chi connectivity index (χ3n) is 2.68. The molecule has 120 valence electrons. The predicted octanol–water partition coefficient (Wildman–Crippen LogP) is 1.29. The molecule has 0 fully saturated rings. The lowest BCUT2D eigenvalue weighted by molar-refractivity contribution is -0.402.